The monoisotopic (exact) mass is 250 g/mol. The molecule has 4 nitrogen and oxygen atoms in total. The minimum atomic E-state index is -0.412. The van der Waals surface area contributed by atoms with Gasteiger partial charge in [0.05, 0.1) is 14.2 Å². The Bertz CT molecular complexity index is 404. The number of carbonyl (C=O) groups is 1. The molecule has 0 fully saturated rings. The van der Waals surface area contributed by atoms with Crippen molar-refractivity contribution in [2.45, 2.75) is 0 Å². The second-order valence-electron chi connectivity index (χ2n) is 2.57. The van der Waals surface area contributed by atoms with Gasteiger partial charge in [0.25, 0.3) is 0 Å². The van der Waals surface area contributed by atoms with Gasteiger partial charge in [0.15, 0.2) is 23.5 Å². The highest BCUT2D eigenvalue weighted by Gasteiger charge is 2.22. The summed E-state index contributed by atoms with van der Waals surface area (Å²) in [5, 5.41) is 9.49. The Morgan fingerprint density at radius 1 is 1.13 bits per heavy atom. The van der Waals surface area contributed by atoms with Gasteiger partial charge in [-0.2, -0.15) is 0 Å². The summed E-state index contributed by atoms with van der Waals surface area (Å²) in [5.41, 5.74) is -0.103. The van der Waals surface area contributed by atoms with Gasteiger partial charge in [-0.15, -0.1) is 0 Å². The molecule has 0 saturated heterocycles. The average Bonchev–Trinajstić information content (AvgIpc) is 2.23. The van der Waals surface area contributed by atoms with E-state index in [2.05, 4.69) is 0 Å². The maximum atomic E-state index is 10.7. The number of carbonyl (C=O) groups excluding carboxylic acids is 1. The summed E-state index contributed by atoms with van der Waals surface area (Å²) in [6, 6.07) is 0. The van der Waals surface area contributed by atoms with Crippen molar-refractivity contribution >= 4 is 29.5 Å². The Labute approximate surface area is 96.3 Å². The molecule has 82 valence electrons. The highest BCUT2D eigenvalue weighted by Crippen LogP contribution is 2.47. The van der Waals surface area contributed by atoms with Crippen LogP contribution in [0.2, 0.25) is 10.0 Å². The molecule has 0 aliphatic heterocycles. The molecule has 0 aliphatic carbocycles. The molecule has 0 heterocycles. The van der Waals surface area contributed by atoms with Crippen molar-refractivity contribution in [2.24, 2.45) is 0 Å². The smallest absolute Gasteiger partial charge is 0.163 e. The van der Waals surface area contributed by atoms with E-state index in [1.807, 2.05) is 0 Å². The van der Waals surface area contributed by atoms with Crippen LogP contribution in [0.3, 0.4) is 0 Å². The molecule has 0 aliphatic rings. The van der Waals surface area contributed by atoms with Gasteiger partial charge in [-0.25, -0.2) is 0 Å². The van der Waals surface area contributed by atoms with E-state index in [1.165, 1.54) is 14.2 Å². The lowest BCUT2D eigenvalue weighted by Crippen LogP contribution is -1.96. The summed E-state index contributed by atoms with van der Waals surface area (Å²) >= 11 is 11.6. The van der Waals surface area contributed by atoms with Crippen LogP contribution in [0.5, 0.6) is 17.2 Å². The first-order valence-electron chi connectivity index (χ1n) is 3.85. The van der Waals surface area contributed by atoms with Gasteiger partial charge in [-0.3, -0.25) is 4.79 Å². The van der Waals surface area contributed by atoms with Gasteiger partial charge in [0, 0.05) is 0 Å². The van der Waals surface area contributed by atoms with Crippen molar-refractivity contribution in [3.05, 3.63) is 15.6 Å². The zero-order valence-corrected chi connectivity index (χ0v) is 9.52. The van der Waals surface area contributed by atoms with Crippen LogP contribution in [0.1, 0.15) is 10.4 Å². The van der Waals surface area contributed by atoms with Gasteiger partial charge in [0.2, 0.25) is 0 Å². The predicted molar refractivity (Wildman–Crippen MR) is 56.6 cm³/mol. The summed E-state index contributed by atoms with van der Waals surface area (Å²) in [6.45, 7) is 0. The third-order valence-electron chi connectivity index (χ3n) is 1.83. The number of methoxy groups -OCH3 is 2. The van der Waals surface area contributed by atoms with E-state index in [4.69, 9.17) is 32.7 Å². The number of phenolic OH excluding ortho intramolecular Hbond substituents is 1. The van der Waals surface area contributed by atoms with Crippen LogP contribution < -0.4 is 9.47 Å². The number of aldehydes is 1. The first-order valence-corrected chi connectivity index (χ1v) is 4.61. The largest absolute Gasteiger partial charge is 0.505 e. The Kier molecular flexibility index (Phi) is 3.66. The lowest BCUT2D eigenvalue weighted by molar-refractivity contribution is 0.111. The number of aromatic hydroxyl groups is 1. The van der Waals surface area contributed by atoms with E-state index in [0.717, 1.165) is 0 Å². The lowest BCUT2D eigenvalue weighted by Gasteiger charge is -2.13. The van der Waals surface area contributed by atoms with Crippen molar-refractivity contribution in [3.8, 4) is 17.2 Å². The molecule has 0 radical (unpaired) electrons. The third kappa shape index (κ3) is 1.82. The van der Waals surface area contributed by atoms with Crippen molar-refractivity contribution in [3.63, 3.8) is 0 Å². The second-order valence-corrected chi connectivity index (χ2v) is 3.33. The molecule has 0 saturated carbocycles. The molecule has 1 aromatic rings. The maximum Gasteiger partial charge on any atom is 0.163 e. The van der Waals surface area contributed by atoms with Gasteiger partial charge >= 0.3 is 0 Å². The molecule has 6 heteroatoms. The summed E-state index contributed by atoms with van der Waals surface area (Å²) in [6.07, 6.45) is 0.408. The average molecular weight is 251 g/mol. The highest BCUT2D eigenvalue weighted by molar-refractivity contribution is 6.39. The lowest BCUT2D eigenvalue weighted by atomic mass is 10.2. The first kappa shape index (κ1) is 11.9. The van der Waals surface area contributed by atoms with Crippen molar-refractivity contribution in [1.82, 2.24) is 0 Å². The molecule has 15 heavy (non-hydrogen) atoms. The van der Waals surface area contributed by atoms with E-state index >= 15 is 0 Å². The van der Waals surface area contributed by atoms with Crippen LogP contribution >= 0.6 is 23.2 Å². The second kappa shape index (κ2) is 4.59. The van der Waals surface area contributed by atoms with Gasteiger partial charge in [0.1, 0.15) is 15.6 Å². The van der Waals surface area contributed by atoms with E-state index < -0.39 is 5.75 Å². The zero-order valence-electron chi connectivity index (χ0n) is 8.01. The van der Waals surface area contributed by atoms with E-state index in [1.54, 1.807) is 0 Å². The number of benzene rings is 1. The number of halogens is 2. The number of hydrogen-bond donors (Lipinski definition) is 1. The first-order chi connectivity index (χ1) is 7.08. The molecule has 0 amide bonds. The van der Waals surface area contributed by atoms with Gasteiger partial charge in [-0.05, 0) is 0 Å². The van der Waals surface area contributed by atoms with Gasteiger partial charge in [-0.1, -0.05) is 23.2 Å². The SMILES string of the molecule is COc1c(Cl)c(O)c(C=O)c(OC)c1Cl. The molecule has 1 rings (SSSR count). The Hall–Kier alpha value is -1.13. The summed E-state index contributed by atoms with van der Waals surface area (Å²) in [7, 11) is 2.66. The summed E-state index contributed by atoms with van der Waals surface area (Å²) < 4.78 is 9.76. The Morgan fingerprint density at radius 2 is 1.67 bits per heavy atom. The topological polar surface area (TPSA) is 55.8 Å². The molecule has 0 unspecified atom stereocenters. The van der Waals surface area contributed by atoms with E-state index in [0.29, 0.717) is 6.29 Å². The quantitative estimate of drug-likeness (QED) is 0.838. The zero-order chi connectivity index (χ0) is 11.6. The number of rotatable bonds is 3. The fraction of sp³-hybridized carbons (Fsp3) is 0.222. The normalized spacial score (nSPS) is 9.87. The molecule has 0 bridgehead atoms. The van der Waals surface area contributed by atoms with Crippen molar-refractivity contribution in [2.75, 3.05) is 14.2 Å². The van der Waals surface area contributed by atoms with Crippen molar-refractivity contribution < 1.29 is 19.4 Å². The van der Waals surface area contributed by atoms with Gasteiger partial charge < -0.3 is 14.6 Å². The van der Waals surface area contributed by atoms with Crippen molar-refractivity contribution in [1.29, 1.82) is 0 Å². The molecule has 1 N–H and O–H groups in total. The van der Waals surface area contributed by atoms with E-state index in [9.17, 15) is 9.90 Å². The van der Waals surface area contributed by atoms with Crippen LogP contribution in [0.25, 0.3) is 0 Å². The van der Waals surface area contributed by atoms with Crippen LogP contribution in [-0.4, -0.2) is 25.6 Å². The molecular weight excluding hydrogens is 243 g/mol. The number of ether oxygens (including phenoxy) is 2. The summed E-state index contributed by atoms with van der Waals surface area (Å²) in [5.74, 6) is -0.312. The molecule has 0 aromatic heterocycles. The molecule has 0 spiro atoms. The minimum absolute atomic E-state index is 0.0328. The van der Waals surface area contributed by atoms with Crippen LogP contribution in [0.15, 0.2) is 0 Å². The fourth-order valence-corrected chi connectivity index (χ4v) is 1.81. The minimum Gasteiger partial charge on any atom is -0.505 e. The number of hydrogen-bond acceptors (Lipinski definition) is 4. The van der Waals surface area contributed by atoms with Crippen LogP contribution in [0, 0.1) is 0 Å². The summed E-state index contributed by atoms with van der Waals surface area (Å²) in [4.78, 5) is 10.7. The van der Waals surface area contributed by atoms with Crippen LogP contribution in [-0.2, 0) is 0 Å². The standard InChI is InChI=1S/C9H8Cl2O4/c1-14-8-4(3-12)7(13)5(10)9(15-2)6(8)11/h3,13H,1-2H3. The molecule has 1 aromatic carbocycles. The van der Waals surface area contributed by atoms with Crippen LogP contribution in [0.4, 0.5) is 0 Å². The predicted octanol–water partition coefficient (Wildman–Crippen LogP) is 2.53. The Morgan fingerprint density at radius 3 is 2.07 bits per heavy atom. The third-order valence-corrected chi connectivity index (χ3v) is 2.53. The molecular formula is C9H8Cl2O4. The highest BCUT2D eigenvalue weighted by atomic mass is 35.5. The Balaban J connectivity index is 3.64. The van der Waals surface area contributed by atoms with E-state index in [-0.39, 0.29) is 27.1 Å². The number of phenols is 1. The molecule has 0 atom stereocenters. The maximum absolute atomic E-state index is 10.7. The fourth-order valence-electron chi connectivity index (χ4n) is 1.14.